The first-order valence-corrected chi connectivity index (χ1v) is 6.88. The van der Waals surface area contributed by atoms with Crippen molar-refractivity contribution in [1.82, 2.24) is 14.7 Å². The number of hydrogen-bond donors (Lipinski definition) is 1. The zero-order valence-corrected chi connectivity index (χ0v) is 12.0. The first-order chi connectivity index (χ1) is 10.2. The fourth-order valence-electron chi connectivity index (χ4n) is 2.52. The number of hydrogen-bond acceptors (Lipinski definition) is 3. The summed E-state index contributed by atoms with van der Waals surface area (Å²) in [6, 6.07) is 0.736. The second-order valence-corrected chi connectivity index (χ2v) is 5.47. The smallest absolute Gasteiger partial charge is 0.369 e. The van der Waals surface area contributed by atoms with E-state index in [1.165, 1.54) is 4.90 Å². The number of halogens is 3. The van der Waals surface area contributed by atoms with Gasteiger partial charge in [-0.3, -0.25) is 14.3 Å². The van der Waals surface area contributed by atoms with E-state index in [1.807, 2.05) is 6.92 Å². The molecule has 6 nitrogen and oxygen atoms in total. The minimum Gasteiger partial charge on any atom is -0.369 e. The Bertz CT molecular complexity index is 570. The van der Waals surface area contributed by atoms with Crippen molar-refractivity contribution in [3.8, 4) is 0 Å². The van der Waals surface area contributed by atoms with Gasteiger partial charge in [-0.25, -0.2) is 0 Å². The van der Waals surface area contributed by atoms with Crippen LogP contribution in [0.5, 0.6) is 0 Å². The highest BCUT2D eigenvalue weighted by Crippen LogP contribution is 2.27. The molecule has 0 spiro atoms. The highest BCUT2D eigenvalue weighted by molar-refractivity contribution is 5.80. The van der Waals surface area contributed by atoms with E-state index >= 15 is 0 Å². The second kappa shape index (κ2) is 5.98. The molecule has 2 atom stereocenters. The Morgan fingerprint density at radius 2 is 2.09 bits per heavy atom. The van der Waals surface area contributed by atoms with Crippen LogP contribution >= 0.6 is 0 Å². The number of primary amides is 1. The second-order valence-electron chi connectivity index (χ2n) is 5.47. The standard InChI is InChI=1S/C13H17F3N4O2/c1-8-2-3-9(12(17)22)6-20(8)11(21)7-19-5-4-10(18-19)13(14,15)16/h4-5,8-9H,2-3,6-7H2,1H3,(H2,17,22). The third-order valence-electron chi connectivity index (χ3n) is 3.83. The number of nitrogens with two attached hydrogens (primary N) is 1. The van der Waals surface area contributed by atoms with Crippen LogP contribution in [0, 0.1) is 5.92 Å². The lowest BCUT2D eigenvalue weighted by Crippen LogP contribution is -2.49. The van der Waals surface area contributed by atoms with E-state index in [0.29, 0.717) is 12.8 Å². The van der Waals surface area contributed by atoms with E-state index in [9.17, 15) is 22.8 Å². The lowest BCUT2D eigenvalue weighted by molar-refractivity contribution is -0.143. The molecule has 2 amide bonds. The Labute approximate surface area is 125 Å². The summed E-state index contributed by atoms with van der Waals surface area (Å²) in [4.78, 5) is 25.0. The number of likely N-dealkylation sites (tertiary alicyclic amines) is 1. The van der Waals surface area contributed by atoms with E-state index in [1.54, 1.807) is 0 Å². The van der Waals surface area contributed by atoms with Gasteiger partial charge in [-0.1, -0.05) is 0 Å². The lowest BCUT2D eigenvalue weighted by Gasteiger charge is -2.36. The molecular formula is C13H17F3N4O2. The third kappa shape index (κ3) is 3.58. The van der Waals surface area contributed by atoms with Crippen molar-refractivity contribution in [3.05, 3.63) is 18.0 Å². The molecule has 0 bridgehead atoms. The maximum atomic E-state index is 12.5. The number of carbonyl (C=O) groups is 2. The summed E-state index contributed by atoms with van der Waals surface area (Å²) in [5.41, 5.74) is 4.22. The summed E-state index contributed by atoms with van der Waals surface area (Å²) in [6.07, 6.45) is -2.18. The number of aromatic nitrogens is 2. The van der Waals surface area contributed by atoms with Crippen molar-refractivity contribution < 1.29 is 22.8 Å². The van der Waals surface area contributed by atoms with Gasteiger partial charge in [0.1, 0.15) is 6.54 Å². The molecule has 122 valence electrons. The first-order valence-electron chi connectivity index (χ1n) is 6.88. The highest BCUT2D eigenvalue weighted by Gasteiger charge is 2.34. The fraction of sp³-hybridized carbons (Fsp3) is 0.615. The number of rotatable bonds is 3. The monoisotopic (exact) mass is 318 g/mol. The molecule has 2 unspecified atom stereocenters. The van der Waals surface area contributed by atoms with Crippen LogP contribution in [0.3, 0.4) is 0 Å². The van der Waals surface area contributed by atoms with Crippen molar-refractivity contribution in [3.63, 3.8) is 0 Å². The Hall–Kier alpha value is -2.06. The Balaban J connectivity index is 2.04. The number of amides is 2. The van der Waals surface area contributed by atoms with Gasteiger partial charge in [0, 0.05) is 18.8 Å². The van der Waals surface area contributed by atoms with Gasteiger partial charge < -0.3 is 10.6 Å². The van der Waals surface area contributed by atoms with Gasteiger partial charge in [0.15, 0.2) is 5.69 Å². The molecule has 1 aliphatic heterocycles. The van der Waals surface area contributed by atoms with Gasteiger partial charge >= 0.3 is 6.18 Å². The van der Waals surface area contributed by atoms with Crippen LogP contribution in [0.15, 0.2) is 12.3 Å². The summed E-state index contributed by atoms with van der Waals surface area (Å²) >= 11 is 0. The number of carbonyl (C=O) groups excluding carboxylic acids is 2. The molecule has 0 aliphatic carbocycles. The van der Waals surface area contributed by atoms with Crippen LogP contribution in [0.2, 0.25) is 0 Å². The lowest BCUT2D eigenvalue weighted by atomic mass is 9.93. The van der Waals surface area contributed by atoms with Crippen LogP contribution in [0.25, 0.3) is 0 Å². The summed E-state index contributed by atoms with van der Waals surface area (Å²) in [5, 5.41) is 3.35. The SMILES string of the molecule is CC1CCC(C(N)=O)CN1C(=O)Cn1ccc(C(F)(F)F)n1. The molecule has 1 aromatic heterocycles. The van der Waals surface area contributed by atoms with Crippen LogP contribution in [0.1, 0.15) is 25.5 Å². The molecule has 0 saturated carbocycles. The number of alkyl halides is 3. The van der Waals surface area contributed by atoms with Gasteiger partial charge in [0.2, 0.25) is 11.8 Å². The Morgan fingerprint density at radius 1 is 1.41 bits per heavy atom. The van der Waals surface area contributed by atoms with E-state index in [4.69, 9.17) is 5.73 Å². The molecule has 1 fully saturated rings. The average Bonchev–Trinajstić information content (AvgIpc) is 2.87. The molecule has 0 aromatic carbocycles. The molecule has 9 heteroatoms. The van der Waals surface area contributed by atoms with Crippen molar-refractivity contribution in [2.45, 2.75) is 38.5 Å². The summed E-state index contributed by atoms with van der Waals surface area (Å²) in [5.74, 6) is -1.26. The van der Waals surface area contributed by atoms with Gasteiger partial charge in [-0.2, -0.15) is 18.3 Å². The zero-order chi connectivity index (χ0) is 16.5. The van der Waals surface area contributed by atoms with Gasteiger partial charge in [0.05, 0.1) is 5.92 Å². The minimum atomic E-state index is -4.54. The zero-order valence-electron chi connectivity index (χ0n) is 12.0. The largest absolute Gasteiger partial charge is 0.435 e. The average molecular weight is 318 g/mol. The third-order valence-corrected chi connectivity index (χ3v) is 3.83. The van der Waals surface area contributed by atoms with E-state index in [2.05, 4.69) is 5.10 Å². The predicted octanol–water partition coefficient (Wildman–Crippen LogP) is 1.01. The van der Waals surface area contributed by atoms with Crippen LogP contribution < -0.4 is 5.73 Å². The van der Waals surface area contributed by atoms with E-state index in [-0.39, 0.29) is 25.0 Å². The van der Waals surface area contributed by atoms with Crippen LogP contribution in [0.4, 0.5) is 13.2 Å². The van der Waals surface area contributed by atoms with E-state index in [0.717, 1.165) is 16.9 Å². The molecular weight excluding hydrogens is 301 g/mol. The molecule has 2 N–H and O–H groups in total. The maximum absolute atomic E-state index is 12.5. The van der Waals surface area contributed by atoms with Gasteiger partial charge in [0.25, 0.3) is 0 Å². The fourth-order valence-corrected chi connectivity index (χ4v) is 2.52. The molecule has 1 aliphatic rings. The van der Waals surface area contributed by atoms with Crippen molar-refractivity contribution in [2.75, 3.05) is 6.54 Å². The number of piperidine rings is 1. The predicted molar refractivity (Wildman–Crippen MR) is 70.3 cm³/mol. The summed E-state index contributed by atoms with van der Waals surface area (Å²) < 4.78 is 38.4. The first kappa shape index (κ1) is 16.3. The number of nitrogens with zero attached hydrogens (tertiary/aromatic N) is 3. The summed E-state index contributed by atoms with van der Waals surface area (Å²) in [6.45, 7) is 1.73. The van der Waals surface area contributed by atoms with Crippen LogP contribution in [-0.2, 0) is 22.3 Å². The molecule has 0 radical (unpaired) electrons. The van der Waals surface area contributed by atoms with Crippen molar-refractivity contribution in [2.24, 2.45) is 11.7 Å². The topological polar surface area (TPSA) is 81.2 Å². The summed E-state index contributed by atoms with van der Waals surface area (Å²) in [7, 11) is 0. The Kier molecular flexibility index (Phi) is 4.43. The normalized spacial score (nSPS) is 22.6. The van der Waals surface area contributed by atoms with Crippen molar-refractivity contribution >= 4 is 11.8 Å². The maximum Gasteiger partial charge on any atom is 0.435 e. The molecule has 1 saturated heterocycles. The Morgan fingerprint density at radius 3 is 2.64 bits per heavy atom. The molecule has 2 rings (SSSR count). The quantitative estimate of drug-likeness (QED) is 0.903. The van der Waals surface area contributed by atoms with E-state index < -0.39 is 23.7 Å². The van der Waals surface area contributed by atoms with Crippen molar-refractivity contribution in [1.29, 1.82) is 0 Å². The van der Waals surface area contributed by atoms with Gasteiger partial charge in [-0.15, -0.1) is 0 Å². The molecule has 1 aromatic rings. The molecule has 2 heterocycles. The minimum absolute atomic E-state index is 0.0826. The van der Waals surface area contributed by atoms with Gasteiger partial charge in [-0.05, 0) is 25.8 Å². The highest BCUT2D eigenvalue weighted by atomic mass is 19.4. The van der Waals surface area contributed by atoms with Crippen LogP contribution in [-0.4, -0.2) is 39.1 Å². The molecule has 22 heavy (non-hydrogen) atoms.